The van der Waals surface area contributed by atoms with Crippen LogP contribution in [0.3, 0.4) is 0 Å². The number of aromatic nitrogens is 1. The summed E-state index contributed by atoms with van der Waals surface area (Å²) in [7, 11) is 0. The fraction of sp³-hybridized carbons (Fsp3) is 0. The molecule has 4 heteroatoms. The molecule has 0 fully saturated rings. The highest BCUT2D eigenvalue weighted by molar-refractivity contribution is 7.25. The quantitative estimate of drug-likeness (QED) is 0.135. The molecule has 0 spiro atoms. The first-order valence-electron chi connectivity index (χ1n) is 26.8. The summed E-state index contributed by atoms with van der Waals surface area (Å²) in [5.41, 5.74) is 17.7. The van der Waals surface area contributed by atoms with Crippen molar-refractivity contribution >= 4 is 104 Å². The van der Waals surface area contributed by atoms with Gasteiger partial charge in [-0.15, -0.1) is 11.3 Å². The van der Waals surface area contributed by atoms with Gasteiger partial charge < -0.3 is 9.80 Å². The highest BCUT2D eigenvalue weighted by atomic mass is 32.1. The Bertz CT molecular complexity index is 4720. The molecule has 0 amide bonds. The molecule has 0 saturated carbocycles. The SMILES string of the molecule is [2H]c1ccc(-c2ccc(N(c3cccc(-c4ccccc4)c3)c3cc4c(c5ccccc35)c3ccc(N(c5ccc(-c6ccc([2H])cc6)cc5)c5cccc(-c6ccccc6)c5)c5c6c7ccccc7sc6n4c35)cc2)cc1. The predicted molar refractivity (Wildman–Crippen MR) is 325 cm³/mol. The fourth-order valence-electron chi connectivity index (χ4n) is 11.7. The number of hydrogen-bond donors (Lipinski definition) is 0. The van der Waals surface area contributed by atoms with Crippen molar-refractivity contribution in [2.45, 2.75) is 0 Å². The topological polar surface area (TPSA) is 10.9 Å². The van der Waals surface area contributed by atoms with Crippen molar-refractivity contribution in [3.8, 4) is 44.5 Å². The van der Waals surface area contributed by atoms with Gasteiger partial charge in [-0.2, -0.15) is 0 Å². The Morgan fingerprint density at radius 1 is 0.303 bits per heavy atom. The molecule has 0 radical (unpaired) electrons. The van der Waals surface area contributed by atoms with E-state index in [4.69, 9.17) is 2.74 Å². The van der Waals surface area contributed by atoms with Gasteiger partial charge in [0.15, 0.2) is 0 Å². The van der Waals surface area contributed by atoms with E-state index in [-0.39, 0.29) is 0 Å². The molecule has 0 bridgehead atoms. The second kappa shape index (κ2) is 18.0. The Morgan fingerprint density at radius 2 is 0.763 bits per heavy atom. The van der Waals surface area contributed by atoms with E-state index in [9.17, 15) is 0 Å². The van der Waals surface area contributed by atoms with Crippen molar-refractivity contribution in [1.29, 1.82) is 0 Å². The zero-order valence-electron chi connectivity index (χ0n) is 43.2. The molecule has 0 N–H and O–H groups in total. The predicted octanol–water partition coefficient (Wildman–Crippen LogP) is 20.8. The Labute approximate surface area is 447 Å². The van der Waals surface area contributed by atoms with Gasteiger partial charge in [0.25, 0.3) is 0 Å². The van der Waals surface area contributed by atoms with Crippen molar-refractivity contribution in [3.05, 3.63) is 285 Å². The second-order valence-electron chi connectivity index (χ2n) is 19.5. The molecule has 0 aliphatic carbocycles. The normalized spacial score (nSPS) is 12.1. The Kier molecular flexibility index (Phi) is 9.89. The monoisotopic (exact) mass is 987 g/mol. The summed E-state index contributed by atoms with van der Waals surface area (Å²) in [6.45, 7) is 0. The van der Waals surface area contributed by atoms with Gasteiger partial charge in [-0.05, 0) is 117 Å². The van der Waals surface area contributed by atoms with E-state index in [2.05, 4.69) is 239 Å². The maximum atomic E-state index is 8.14. The van der Waals surface area contributed by atoms with Crippen LogP contribution in [-0.4, -0.2) is 4.40 Å². The number of anilines is 6. The minimum atomic E-state index is 0.500. The first-order valence-corrected chi connectivity index (χ1v) is 26.6. The van der Waals surface area contributed by atoms with E-state index >= 15 is 0 Å². The van der Waals surface area contributed by atoms with Crippen LogP contribution < -0.4 is 9.80 Å². The van der Waals surface area contributed by atoms with Crippen molar-refractivity contribution in [2.75, 3.05) is 9.80 Å². The van der Waals surface area contributed by atoms with Gasteiger partial charge in [-0.25, -0.2) is 0 Å². The third-order valence-electron chi connectivity index (χ3n) is 15.2. The molecule has 15 aromatic rings. The standard InChI is InChI=1S/C72H47N3S/c1-5-19-48(20-6-1)52-35-39-56(40-36-52)73(58-29-17-27-54(45-58)50-23-9-3-10-24-50)64-44-43-63-68-61-32-14-13-31-60(61)65(47-66(68)75-71(63)70(64)69-62-33-15-16-34-67(62)76-72(69)75)74(57-41-37-53(38-42-57)49-21-7-2-8-22-49)59-30-18-28-55(46-59)51-25-11-4-12-26-51/h1-47H/i1D,2D. The number of hydrogen-bond acceptors (Lipinski definition) is 3. The highest BCUT2D eigenvalue weighted by Crippen LogP contribution is 2.54. The molecule has 0 atom stereocenters. The van der Waals surface area contributed by atoms with Crippen molar-refractivity contribution in [3.63, 3.8) is 0 Å². The van der Waals surface area contributed by atoms with Gasteiger partial charge in [-0.1, -0.05) is 218 Å². The van der Waals surface area contributed by atoms with Gasteiger partial charge in [0, 0.05) is 59.8 Å². The molecule has 12 aromatic carbocycles. The number of nitrogens with zero attached hydrogens (tertiary/aromatic N) is 3. The summed E-state index contributed by atoms with van der Waals surface area (Å²) in [5.74, 6) is 0. The Morgan fingerprint density at radius 3 is 1.34 bits per heavy atom. The van der Waals surface area contributed by atoms with Crippen LogP contribution in [0.1, 0.15) is 2.74 Å². The van der Waals surface area contributed by atoms with E-state index in [1.807, 2.05) is 59.9 Å². The molecule has 356 valence electrons. The van der Waals surface area contributed by atoms with Crippen LogP contribution in [0.4, 0.5) is 34.1 Å². The summed E-state index contributed by atoms with van der Waals surface area (Å²) >= 11 is 1.87. The Hall–Kier alpha value is -9.74. The van der Waals surface area contributed by atoms with E-state index in [1.54, 1.807) is 0 Å². The average Bonchev–Trinajstić information content (AvgIpc) is 4.07. The lowest BCUT2D eigenvalue weighted by Gasteiger charge is -2.28. The number of benzene rings is 12. The third kappa shape index (κ3) is 7.18. The van der Waals surface area contributed by atoms with Crippen molar-refractivity contribution < 1.29 is 2.74 Å². The van der Waals surface area contributed by atoms with Crippen LogP contribution in [-0.2, 0) is 0 Å². The van der Waals surface area contributed by atoms with Gasteiger partial charge >= 0.3 is 0 Å². The molecular weight excluding hydrogens is 939 g/mol. The Balaban J connectivity index is 1.01. The maximum Gasteiger partial charge on any atom is 0.109 e. The first-order chi connectivity index (χ1) is 38.5. The van der Waals surface area contributed by atoms with Crippen LogP contribution in [0.25, 0.3) is 103 Å². The lowest BCUT2D eigenvalue weighted by Crippen LogP contribution is -2.11. The zero-order chi connectivity index (χ0) is 51.8. The van der Waals surface area contributed by atoms with Crippen LogP contribution >= 0.6 is 11.3 Å². The third-order valence-corrected chi connectivity index (χ3v) is 16.3. The molecule has 3 heterocycles. The van der Waals surface area contributed by atoms with Gasteiger partial charge in [0.1, 0.15) is 4.83 Å². The highest BCUT2D eigenvalue weighted by Gasteiger charge is 2.29. The molecule has 0 unspecified atom stereocenters. The van der Waals surface area contributed by atoms with Crippen LogP contribution in [0.15, 0.2) is 285 Å². The largest absolute Gasteiger partial charge is 0.310 e. The summed E-state index contributed by atoms with van der Waals surface area (Å²) < 4.78 is 20.1. The van der Waals surface area contributed by atoms with Gasteiger partial charge in [0.2, 0.25) is 0 Å². The molecule has 0 aliphatic rings. The van der Waals surface area contributed by atoms with E-state index < -0.39 is 0 Å². The molecule has 0 saturated heterocycles. The average molecular weight is 988 g/mol. The minimum Gasteiger partial charge on any atom is -0.310 e. The maximum absolute atomic E-state index is 8.14. The van der Waals surface area contributed by atoms with Gasteiger partial charge in [-0.3, -0.25) is 4.40 Å². The van der Waals surface area contributed by atoms with Crippen LogP contribution in [0.2, 0.25) is 0 Å². The summed E-state index contributed by atoms with van der Waals surface area (Å²) in [6, 6.07) is 98.5. The molecular formula is C72H47N3S. The lowest BCUT2D eigenvalue weighted by molar-refractivity contribution is 1.29. The zero-order valence-corrected chi connectivity index (χ0v) is 42.0. The van der Waals surface area contributed by atoms with Crippen LogP contribution in [0, 0.1) is 0 Å². The summed E-state index contributed by atoms with van der Waals surface area (Å²) in [4.78, 5) is 6.11. The fourth-order valence-corrected chi connectivity index (χ4v) is 13.0. The summed E-state index contributed by atoms with van der Waals surface area (Å²) in [6.07, 6.45) is 0. The number of thiophene rings is 1. The molecule has 3 aromatic heterocycles. The smallest absolute Gasteiger partial charge is 0.109 e. The van der Waals surface area contributed by atoms with E-state index in [0.29, 0.717) is 12.1 Å². The summed E-state index contributed by atoms with van der Waals surface area (Å²) in [5, 5.41) is 8.49. The van der Waals surface area contributed by atoms with Crippen LogP contribution in [0.5, 0.6) is 0 Å². The molecule has 0 aliphatic heterocycles. The second-order valence-corrected chi connectivity index (χ2v) is 20.5. The van der Waals surface area contributed by atoms with Crippen molar-refractivity contribution in [1.82, 2.24) is 4.40 Å². The molecule has 3 nitrogen and oxygen atoms in total. The lowest BCUT2D eigenvalue weighted by atomic mass is 9.98. The number of fused-ring (bicyclic) bond motifs is 10. The van der Waals surface area contributed by atoms with E-state index in [0.717, 1.165) is 89.5 Å². The van der Waals surface area contributed by atoms with Gasteiger partial charge in [0.05, 0.1) is 25.1 Å². The van der Waals surface area contributed by atoms with E-state index in [1.165, 1.54) is 47.4 Å². The first kappa shape index (κ1) is 41.7. The molecule has 15 rings (SSSR count). The minimum absolute atomic E-state index is 0.500. The molecule has 76 heavy (non-hydrogen) atoms. The van der Waals surface area contributed by atoms with Crippen molar-refractivity contribution in [2.24, 2.45) is 0 Å². The number of rotatable bonds is 10.